The number of rotatable bonds is 6. The maximum absolute atomic E-state index is 5.83. The summed E-state index contributed by atoms with van der Waals surface area (Å²) in [5.41, 5.74) is 1.16. The average molecular weight is 385 g/mol. The van der Waals surface area contributed by atoms with Crippen molar-refractivity contribution in [2.45, 2.75) is 32.9 Å². The summed E-state index contributed by atoms with van der Waals surface area (Å²) in [4.78, 5) is 5.49. The minimum Gasteiger partial charge on any atom is -0.490 e. The zero-order chi connectivity index (χ0) is 18.6. The van der Waals surface area contributed by atoms with Crippen LogP contribution in [0.15, 0.2) is 40.2 Å². The van der Waals surface area contributed by atoms with E-state index < -0.39 is 0 Å². The van der Waals surface area contributed by atoms with Gasteiger partial charge in [0.25, 0.3) is 0 Å². The van der Waals surface area contributed by atoms with Crippen LogP contribution in [0.2, 0.25) is 0 Å². The minimum atomic E-state index is 0.138. The fourth-order valence-corrected chi connectivity index (χ4v) is 3.79. The lowest BCUT2D eigenvalue weighted by atomic mass is 9.95. The zero-order valence-corrected chi connectivity index (χ0v) is 16.3. The van der Waals surface area contributed by atoms with Crippen LogP contribution in [0.4, 0.5) is 0 Å². The Hall–Kier alpha value is -2.38. The van der Waals surface area contributed by atoms with E-state index in [-0.39, 0.29) is 6.04 Å². The number of aromatic nitrogens is 2. The van der Waals surface area contributed by atoms with Crippen molar-refractivity contribution in [1.29, 1.82) is 0 Å². The molecule has 7 heteroatoms. The van der Waals surface area contributed by atoms with Crippen LogP contribution in [0.5, 0.6) is 11.5 Å². The molecular formula is C20H23N3O3S. The molecule has 1 atom stereocenters. The quantitative estimate of drug-likeness (QED) is 0.676. The molecule has 0 saturated carbocycles. The lowest BCUT2D eigenvalue weighted by Gasteiger charge is -2.23. The third-order valence-corrected chi connectivity index (χ3v) is 5.35. The summed E-state index contributed by atoms with van der Waals surface area (Å²) >= 11 is 1.60. The van der Waals surface area contributed by atoms with Crippen molar-refractivity contribution in [2.75, 3.05) is 13.2 Å². The molecule has 3 heterocycles. The molecule has 0 saturated heterocycles. The summed E-state index contributed by atoms with van der Waals surface area (Å²) in [6, 6.07) is 10.3. The molecule has 2 aromatic heterocycles. The largest absolute Gasteiger partial charge is 0.490 e. The standard InChI is InChI=1S/C20H23N3O3S/c1-13(2)19(14-6-7-15-16(11-14)25-9-4-8-24-15)21-12-18-22-20(23-26-18)17-5-3-10-27-17/h3,5-7,10-11,13,19,21H,4,8-9,12H2,1-2H3/t19-/m0/s1. The Morgan fingerprint density at radius 1 is 1.15 bits per heavy atom. The van der Waals surface area contributed by atoms with Crippen LogP contribution in [0.25, 0.3) is 10.7 Å². The second-order valence-electron chi connectivity index (χ2n) is 6.85. The number of thiophene rings is 1. The molecule has 0 fully saturated rings. The normalized spacial score (nSPS) is 14.9. The second-order valence-corrected chi connectivity index (χ2v) is 7.80. The number of nitrogens with one attached hydrogen (secondary N) is 1. The average Bonchev–Trinajstić information content (AvgIpc) is 3.29. The Morgan fingerprint density at radius 2 is 2.00 bits per heavy atom. The van der Waals surface area contributed by atoms with Gasteiger partial charge in [-0.3, -0.25) is 0 Å². The Kier molecular flexibility index (Phi) is 5.40. The highest BCUT2D eigenvalue weighted by molar-refractivity contribution is 7.13. The second kappa shape index (κ2) is 8.10. The van der Waals surface area contributed by atoms with Crippen LogP contribution < -0.4 is 14.8 Å². The van der Waals surface area contributed by atoms with Gasteiger partial charge >= 0.3 is 0 Å². The number of nitrogens with zero attached hydrogens (tertiary/aromatic N) is 2. The van der Waals surface area contributed by atoms with E-state index in [1.165, 1.54) is 0 Å². The molecule has 0 aliphatic carbocycles. The summed E-state index contributed by atoms with van der Waals surface area (Å²) in [6.07, 6.45) is 0.902. The molecule has 0 radical (unpaired) electrons. The van der Waals surface area contributed by atoms with Crippen molar-refractivity contribution in [3.8, 4) is 22.2 Å². The Morgan fingerprint density at radius 3 is 2.78 bits per heavy atom. The van der Waals surface area contributed by atoms with Crippen molar-refractivity contribution in [3.63, 3.8) is 0 Å². The molecule has 142 valence electrons. The molecule has 1 aliphatic heterocycles. The molecule has 0 bridgehead atoms. The summed E-state index contributed by atoms with van der Waals surface area (Å²) in [7, 11) is 0. The monoisotopic (exact) mass is 385 g/mol. The fourth-order valence-electron chi connectivity index (χ4n) is 3.14. The molecule has 6 nitrogen and oxygen atoms in total. The van der Waals surface area contributed by atoms with Crippen LogP contribution in [0.1, 0.15) is 37.8 Å². The van der Waals surface area contributed by atoms with Gasteiger partial charge < -0.3 is 19.3 Å². The third kappa shape index (κ3) is 4.14. The highest BCUT2D eigenvalue weighted by Gasteiger charge is 2.20. The molecule has 0 amide bonds. The summed E-state index contributed by atoms with van der Waals surface area (Å²) in [5, 5.41) is 9.62. The van der Waals surface area contributed by atoms with Crippen LogP contribution >= 0.6 is 11.3 Å². The summed E-state index contributed by atoms with van der Waals surface area (Å²) < 4.78 is 17.0. The SMILES string of the molecule is CC(C)[C@H](NCc1nc(-c2cccs2)no1)c1ccc2c(c1)OCCCO2. The molecule has 0 spiro atoms. The highest BCUT2D eigenvalue weighted by Crippen LogP contribution is 2.34. The molecule has 1 aromatic carbocycles. The zero-order valence-electron chi connectivity index (χ0n) is 15.5. The lowest BCUT2D eigenvalue weighted by molar-refractivity contribution is 0.296. The van der Waals surface area contributed by atoms with E-state index in [0.29, 0.717) is 37.4 Å². The first-order valence-corrected chi connectivity index (χ1v) is 10.1. The van der Waals surface area contributed by atoms with Gasteiger partial charge in [-0.25, -0.2) is 0 Å². The summed E-state index contributed by atoms with van der Waals surface area (Å²) in [6.45, 7) is 6.26. The number of hydrogen-bond acceptors (Lipinski definition) is 7. The van der Waals surface area contributed by atoms with Crippen LogP contribution in [0, 0.1) is 5.92 Å². The molecule has 3 aromatic rings. The van der Waals surface area contributed by atoms with E-state index in [4.69, 9.17) is 14.0 Å². The molecule has 4 rings (SSSR count). The van der Waals surface area contributed by atoms with Crippen molar-refractivity contribution >= 4 is 11.3 Å². The number of benzene rings is 1. The van der Waals surface area contributed by atoms with Gasteiger partial charge in [0.1, 0.15) is 0 Å². The minimum absolute atomic E-state index is 0.138. The van der Waals surface area contributed by atoms with Crippen LogP contribution in [-0.4, -0.2) is 23.4 Å². The van der Waals surface area contributed by atoms with Crippen molar-refractivity contribution in [2.24, 2.45) is 5.92 Å². The topological polar surface area (TPSA) is 69.4 Å². The maximum Gasteiger partial charge on any atom is 0.240 e. The molecule has 27 heavy (non-hydrogen) atoms. The Balaban J connectivity index is 1.48. The fraction of sp³-hybridized carbons (Fsp3) is 0.400. The first kappa shape index (κ1) is 18.0. The van der Waals surface area contributed by atoms with E-state index in [9.17, 15) is 0 Å². The number of fused-ring (bicyclic) bond motifs is 1. The van der Waals surface area contributed by atoms with Gasteiger partial charge in [-0.15, -0.1) is 11.3 Å². The van der Waals surface area contributed by atoms with Crippen LogP contribution in [0.3, 0.4) is 0 Å². The Bertz CT molecular complexity index is 876. The predicted molar refractivity (Wildman–Crippen MR) is 104 cm³/mol. The maximum atomic E-state index is 5.83. The molecule has 1 aliphatic rings. The van der Waals surface area contributed by atoms with Crippen molar-refractivity contribution < 1.29 is 14.0 Å². The Labute approximate surface area is 162 Å². The van der Waals surface area contributed by atoms with E-state index in [0.717, 1.165) is 28.4 Å². The molecular weight excluding hydrogens is 362 g/mol. The lowest BCUT2D eigenvalue weighted by Crippen LogP contribution is -2.25. The predicted octanol–water partition coefficient (Wildman–Crippen LogP) is 4.45. The number of hydrogen-bond donors (Lipinski definition) is 1. The van der Waals surface area contributed by atoms with Gasteiger partial charge in [-0.2, -0.15) is 4.98 Å². The van der Waals surface area contributed by atoms with E-state index in [1.54, 1.807) is 11.3 Å². The first-order valence-electron chi connectivity index (χ1n) is 9.20. The highest BCUT2D eigenvalue weighted by atomic mass is 32.1. The molecule has 0 unspecified atom stereocenters. The van der Waals surface area contributed by atoms with E-state index in [1.807, 2.05) is 23.6 Å². The van der Waals surface area contributed by atoms with Crippen LogP contribution in [-0.2, 0) is 6.54 Å². The van der Waals surface area contributed by atoms with E-state index in [2.05, 4.69) is 41.4 Å². The first-order chi connectivity index (χ1) is 13.2. The van der Waals surface area contributed by atoms with Gasteiger partial charge in [0.2, 0.25) is 11.7 Å². The van der Waals surface area contributed by atoms with Gasteiger partial charge in [0.05, 0.1) is 24.6 Å². The van der Waals surface area contributed by atoms with E-state index >= 15 is 0 Å². The van der Waals surface area contributed by atoms with Crippen molar-refractivity contribution in [1.82, 2.24) is 15.5 Å². The summed E-state index contributed by atoms with van der Waals surface area (Å²) in [5.74, 6) is 3.23. The van der Waals surface area contributed by atoms with Gasteiger partial charge in [-0.05, 0) is 35.1 Å². The van der Waals surface area contributed by atoms with Crippen molar-refractivity contribution in [3.05, 3.63) is 47.2 Å². The smallest absolute Gasteiger partial charge is 0.240 e. The molecule has 1 N–H and O–H groups in total. The van der Waals surface area contributed by atoms with Gasteiger partial charge in [-0.1, -0.05) is 31.1 Å². The van der Waals surface area contributed by atoms with Gasteiger partial charge in [0, 0.05) is 12.5 Å². The number of ether oxygens (including phenoxy) is 2. The third-order valence-electron chi connectivity index (χ3n) is 4.48. The van der Waals surface area contributed by atoms with Gasteiger partial charge in [0.15, 0.2) is 11.5 Å².